The smallest absolute Gasteiger partial charge is 0.242 e. The fraction of sp³-hybridized carbons (Fsp3) is 0.333. The van der Waals surface area contributed by atoms with Crippen LogP contribution in [-0.4, -0.2) is 10.9 Å². The Hall–Kier alpha value is -2.16. The molecule has 21 heavy (non-hydrogen) atoms. The maximum absolute atomic E-state index is 12.8. The fourth-order valence-corrected chi connectivity index (χ4v) is 2.80. The topological polar surface area (TPSA) is 33.2 Å². The zero-order valence-corrected chi connectivity index (χ0v) is 12.9. The molecule has 3 heteroatoms. The van der Waals surface area contributed by atoms with Crippen molar-refractivity contribution >= 4 is 17.4 Å². The number of nitrogens with zero attached hydrogens (tertiary/aromatic N) is 2. The van der Waals surface area contributed by atoms with Crippen LogP contribution in [0.1, 0.15) is 44.7 Å². The van der Waals surface area contributed by atoms with Gasteiger partial charge in [0.1, 0.15) is 5.82 Å². The quantitative estimate of drug-likeness (QED) is 0.827. The number of hydrogen-bond donors (Lipinski definition) is 0. The molecule has 108 valence electrons. The maximum Gasteiger partial charge on any atom is 0.242 e. The lowest BCUT2D eigenvalue weighted by molar-refractivity contribution is -0.121. The number of carbonyl (C=O) groups is 1. The highest BCUT2D eigenvalue weighted by Crippen LogP contribution is 2.43. The van der Waals surface area contributed by atoms with Gasteiger partial charge in [0.05, 0.1) is 11.1 Å². The normalized spacial score (nSPS) is 16.4. The largest absolute Gasteiger partial charge is 0.273 e. The number of fused-ring (bicyclic) bond motifs is 1. The number of pyridine rings is 1. The van der Waals surface area contributed by atoms with E-state index in [1.54, 1.807) is 11.1 Å². The Balaban J connectivity index is 2.09. The van der Waals surface area contributed by atoms with Crippen molar-refractivity contribution in [1.82, 2.24) is 4.98 Å². The number of carbonyl (C=O) groups excluding carboxylic acids is 1. The van der Waals surface area contributed by atoms with Crippen LogP contribution in [0.2, 0.25) is 0 Å². The molecule has 1 aliphatic rings. The van der Waals surface area contributed by atoms with Gasteiger partial charge in [0.2, 0.25) is 5.91 Å². The molecular formula is C18H20N2O. The molecule has 2 heterocycles. The summed E-state index contributed by atoms with van der Waals surface area (Å²) in [6.07, 6.45) is 1.74. The number of aromatic nitrogens is 1. The molecule has 0 radical (unpaired) electrons. The maximum atomic E-state index is 12.8. The molecule has 0 saturated carbocycles. The van der Waals surface area contributed by atoms with Crippen molar-refractivity contribution in [2.45, 2.75) is 39.0 Å². The van der Waals surface area contributed by atoms with Crippen molar-refractivity contribution in [2.75, 3.05) is 4.90 Å². The van der Waals surface area contributed by atoms with Crippen molar-refractivity contribution < 1.29 is 4.79 Å². The van der Waals surface area contributed by atoms with Gasteiger partial charge in [-0.3, -0.25) is 9.69 Å². The minimum atomic E-state index is -0.527. The molecule has 0 aliphatic carbocycles. The molecule has 0 N–H and O–H groups in total. The van der Waals surface area contributed by atoms with Gasteiger partial charge in [-0.1, -0.05) is 32.0 Å². The van der Waals surface area contributed by atoms with Crippen LogP contribution in [0.3, 0.4) is 0 Å². The van der Waals surface area contributed by atoms with Gasteiger partial charge in [-0.2, -0.15) is 0 Å². The molecule has 3 nitrogen and oxygen atoms in total. The van der Waals surface area contributed by atoms with Gasteiger partial charge in [0.15, 0.2) is 0 Å². The first-order chi connectivity index (χ1) is 9.93. The highest BCUT2D eigenvalue weighted by atomic mass is 16.2. The highest BCUT2D eigenvalue weighted by molar-refractivity contribution is 6.11. The minimum Gasteiger partial charge on any atom is -0.273 e. The zero-order chi connectivity index (χ0) is 15.2. The third-order valence-electron chi connectivity index (χ3n) is 4.23. The van der Waals surface area contributed by atoms with E-state index >= 15 is 0 Å². The Morgan fingerprint density at radius 1 is 1.10 bits per heavy atom. The zero-order valence-electron chi connectivity index (χ0n) is 12.9. The van der Waals surface area contributed by atoms with E-state index in [9.17, 15) is 4.79 Å². The minimum absolute atomic E-state index is 0.0773. The van der Waals surface area contributed by atoms with E-state index in [1.165, 1.54) is 5.56 Å². The SMILES string of the molecule is CC(C)c1ccc(N2C(=O)C(C)(C)c3cccnc32)cc1. The number of benzene rings is 1. The molecule has 1 aromatic heterocycles. The van der Waals surface area contributed by atoms with Crippen LogP contribution in [0.4, 0.5) is 11.5 Å². The molecule has 2 aromatic rings. The van der Waals surface area contributed by atoms with Crippen LogP contribution in [-0.2, 0) is 10.2 Å². The molecular weight excluding hydrogens is 260 g/mol. The molecule has 0 unspecified atom stereocenters. The van der Waals surface area contributed by atoms with E-state index in [2.05, 4.69) is 31.0 Å². The Morgan fingerprint density at radius 2 is 1.76 bits per heavy atom. The summed E-state index contributed by atoms with van der Waals surface area (Å²) in [5, 5.41) is 0. The number of anilines is 2. The summed E-state index contributed by atoms with van der Waals surface area (Å²) < 4.78 is 0. The monoisotopic (exact) mass is 280 g/mol. The molecule has 0 bridgehead atoms. The van der Waals surface area contributed by atoms with Gasteiger partial charge in [0, 0.05) is 11.8 Å². The van der Waals surface area contributed by atoms with Crippen LogP contribution >= 0.6 is 0 Å². The van der Waals surface area contributed by atoms with Crippen molar-refractivity contribution in [1.29, 1.82) is 0 Å². The van der Waals surface area contributed by atoms with Crippen molar-refractivity contribution in [3.63, 3.8) is 0 Å². The molecule has 1 amide bonds. The summed E-state index contributed by atoms with van der Waals surface area (Å²) >= 11 is 0. The number of amides is 1. The van der Waals surface area contributed by atoms with Crippen LogP contribution < -0.4 is 4.90 Å². The van der Waals surface area contributed by atoms with E-state index in [0.29, 0.717) is 5.92 Å². The van der Waals surface area contributed by atoms with E-state index in [-0.39, 0.29) is 5.91 Å². The lowest BCUT2D eigenvalue weighted by Crippen LogP contribution is -2.33. The van der Waals surface area contributed by atoms with Gasteiger partial charge in [-0.25, -0.2) is 4.98 Å². The summed E-state index contributed by atoms with van der Waals surface area (Å²) in [6, 6.07) is 12.1. The first-order valence-corrected chi connectivity index (χ1v) is 7.33. The molecule has 0 saturated heterocycles. The Morgan fingerprint density at radius 3 is 2.38 bits per heavy atom. The van der Waals surface area contributed by atoms with Crippen molar-refractivity contribution in [2.24, 2.45) is 0 Å². The number of rotatable bonds is 2. The van der Waals surface area contributed by atoms with Crippen LogP contribution in [0.25, 0.3) is 0 Å². The predicted molar refractivity (Wildman–Crippen MR) is 84.9 cm³/mol. The van der Waals surface area contributed by atoms with Gasteiger partial charge in [-0.15, -0.1) is 0 Å². The highest BCUT2D eigenvalue weighted by Gasteiger charge is 2.45. The van der Waals surface area contributed by atoms with Gasteiger partial charge in [-0.05, 0) is 43.5 Å². The summed E-state index contributed by atoms with van der Waals surface area (Å²) in [6.45, 7) is 8.24. The van der Waals surface area contributed by atoms with E-state index in [0.717, 1.165) is 17.1 Å². The van der Waals surface area contributed by atoms with Crippen LogP contribution in [0.5, 0.6) is 0 Å². The molecule has 1 aromatic carbocycles. The molecule has 3 rings (SSSR count). The molecule has 1 aliphatic heterocycles. The Bertz CT molecular complexity index is 687. The third-order valence-corrected chi connectivity index (χ3v) is 4.23. The predicted octanol–water partition coefficient (Wildman–Crippen LogP) is 4.16. The van der Waals surface area contributed by atoms with E-state index in [1.807, 2.05) is 38.1 Å². The van der Waals surface area contributed by atoms with Gasteiger partial charge in [0.25, 0.3) is 0 Å². The lowest BCUT2D eigenvalue weighted by atomic mass is 9.87. The van der Waals surface area contributed by atoms with Crippen LogP contribution in [0, 0.1) is 0 Å². The van der Waals surface area contributed by atoms with E-state index in [4.69, 9.17) is 0 Å². The first-order valence-electron chi connectivity index (χ1n) is 7.33. The Kier molecular flexibility index (Phi) is 3.08. The van der Waals surface area contributed by atoms with Gasteiger partial charge >= 0.3 is 0 Å². The third kappa shape index (κ3) is 2.04. The number of hydrogen-bond acceptors (Lipinski definition) is 2. The average molecular weight is 280 g/mol. The second-order valence-electron chi connectivity index (χ2n) is 6.39. The second kappa shape index (κ2) is 4.69. The molecule has 0 atom stereocenters. The standard InChI is InChI=1S/C18H20N2O/c1-12(2)13-7-9-14(10-8-13)20-16-15(6-5-11-19-16)18(3,4)17(20)21/h5-12H,1-4H3. The summed E-state index contributed by atoms with van der Waals surface area (Å²) in [5.74, 6) is 1.31. The Labute approximate surface area is 125 Å². The van der Waals surface area contributed by atoms with Gasteiger partial charge < -0.3 is 0 Å². The summed E-state index contributed by atoms with van der Waals surface area (Å²) in [5.41, 5.74) is 2.61. The fourth-order valence-electron chi connectivity index (χ4n) is 2.80. The second-order valence-corrected chi connectivity index (χ2v) is 6.39. The van der Waals surface area contributed by atoms with Crippen molar-refractivity contribution in [3.05, 3.63) is 53.7 Å². The lowest BCUT2D eigenvalue weighted by Gasteiger charge is -2.20. The molecule has 0 fully saturated rings. The summed E-state index contributed by atoms with van der Waals surface area (Å²) in [4.78, 5) is 19.0. The average Bonchev–Trinajstić information content (AvgIpc) is 2.67. The van der Waals surface area contributed by atoms with Crippen LogP contribution in [0.15, 0.2) is 42.6 Å². The molecule has 0 spiro atoms. The van der Waals surface area contributed by atoms with Crippen molar-refractivity contribution in [3.8, 4) is 0 Å². The summed E-state index contributed by atoms with van der Waals surface area (Å²) in [7, 11) is 0. The first kappa shape index (κ1) is 13.8. The van der Waals surface area contributed by atoms with E-state index < -0.39 is 5.41 Å².